The summed E-state index contributed by atoms with van der Waals surface area (Å²) in [5, 5.41) is 0. The van der Waals surface area contributed by atoms with E-state index in [1.165, 1.54) is 0 Å². The van der Waals surface area contributed by atoms with E-state index in [1.54, 1.807) is 13.0 Å². The summed E-state index contributed by atoms with van der Waals surface area (Å²) in [6, 6.07) is 1.56. The van der Waals surface area contributed by atoms with Crippen LogP contribution in [0.4, 0.5) is 0 Å². The smallest absolute Gasteiger partial charge is 0.207 e. The zero-order chi connectivity index (χ0) is 13.3. The molecule has 0 saturated heterocycles. The average molecular weight is 328 g/mol. The highest BCUT2D eigenvalue weighted by molar-refractivity contribution is 7.91. The molecule has 0 aliphatic heterocycles. The fourth-order valence-corrected chi connectivity index (χ4v) is 5.63. The Morgan fingerprint density at radius 1 is 1.50 bits per heavy atom. The van der Waals surface area contributed by atoms with Crippen LogP contribution < -0.4 is 4.72 Å². The lowest BCUT2D eigenvalue weighted by atomic mass is 10.1. The predicted octanol–water partition coefficient (Wildman–Crippen LogP) is 3.40. The first-order chi connectivity index (χ1) is 8.44. The summed E-state index contributed by atoms with van der Waals surface area (Å²) in [4.78, 5) is 0. The molecule has 0 radical (unpaired) electrons. The normalized spacial score (nSPS) is 24.6. The van der Waals surface area contributed by atoms with Crippen LogP contribution in [-0.4, -0.2) is 20.3 Å². The van der Waals surface area contributed by atoms with Crippen LogP contribution in [0.2, 0.25) is 4.34 Å². The Morgan fingerprint density at radius 2 is 2.22 bits per heavy atom. The Morgan fingerprint density at radius 3 is 2.78 bits per heavy atom. The Bertz CT molecular complexity index is 508. The van der Waals surface area contributed by atoms with Gasteiger partial charge in [-0.1, -0.05) is 18.0 Å². The molecule has 1 aromatic rings. The standard InChI is InChI=1S/C11H15Cl2NO2S2/c1-7-5-10(17-11(7)13)18(15,16)14-9-4-2-3-8(9)6-12/h5,8-9,14H,2-4,6H2,1H3. The molecule has 7 heteroatoms. The number of alkyl halides is 1. The van der Waals surface area contributed by atoms with E-state index in [2.05, 4.69) is 4.72 Å². The largest absolute Gasteiger partial charge is 0.250 e. The molecular weight excluding hydrogens is 313 g/mol. The molecule has 0 amide bonds. The Balaban J connectivity index is 2.17. The molecule has 1 N–H and O–H groups in total. The zero-order valence-corrected chi connectivity index (χ0v) is 13.1. The van der Waals surface area contributed by atoms with Crippen LogP contribution >= 0.6 is 34.5 Å². The number of sulfonamides is 1. The van der Waals surface area contributed by atoms with Crippen molar-refractivity contribution in [2.75, 3.05) is 5.88 Å². The van der Waals surface area contributed by atoms with Crippen LogP contribution in [0.15, 0.2) is 10.3 Å². The van der Waals surface area contributed by atoms with Crippen molar-refractivity contribution in [3.05, 3.63) is 16.0 Å². The molecule has 1 heterocycles. The van der Waals surface area contributed by atoms with Crippen LogP contribution in [0.25, 0.3) is 0 Å². The highest BCUT2D eigenvalue weighted by Gasteiger charge is 2.31. The first-order valence-electron chi connectivity index (χ1n) is 5.78. The number of nitrogens with one attached hydrogen (secondary N) is 1. The van der Waals surface area contributed by atoms with Crippen molar-refractivity contribution in [2.45, 2.75) is 36.4 Å². The van der Waals surface area contributed by atoms with Crippen molar-refractivity contribution in [1.29, 1.82) is 0 Å². The third-order valence-corrected chi connectivity index (χ3v) is 7.18. The summed E-state index contributed by atoms with van der Waals surface area (Å²) in [6.07, 6.45) is 2.87. The van der Waals surface area contributed by atoms with Crippen LogP contribution in [0, 0.1) is 12.8 Å². The van der Waals surface area contributed by atoms with Crippen LogP contribution in [0.3, 0.4) is 0 Å². The lowest BCUT2D eigenvalue weighted by Gasteiger charge is -2.18. The SMILES string of the molecule is Cc1cc(S(=O)(=O)NC2CCCC2CCl)sc1Cl. The zero-order valence-electron chi connectivity index (χ0n) is 9.95. The lowest BCUT2D eigenvalue weighted by molar-refractivity contribution is 0.481. The number of rotatable bonds is 4. The van der Waals surface area contributed by atoms with E-state index in [-0.39, 0.29) is 16.2 Å². The molecule has 1 fully saturated rings. The van der Waals surface area contributed by atoms with Gasteiger partial charge in [-0.15, -0.1) is 22.9 Å². The van der Waals surface area contributed by atoms with Gasteiger partial charge in [0.25, 0.3) is 0 Å². The Labute approximate surface area is 122 Å². The third-order valence-electron chi connectivity index (χ3n) is 3.26. The second kappa shape index (κ2) is 5.67. The van der Waals surface area contributed by atoms with Gasteiger partial charge in [-0.3, -0.25) is 0 Å². The number of aryl methyl sites for hydroxylation is 1. The molecule has 1 aromatic heterocycles. The molecule has 1 aliphatic rings. The summed E-state index contributed by atoms with van der Waals surface area (Å²) in [5.74, 6) is 0.732. The van der Waals surface area contributed by atoms with E-state index in [9.17, 15) is 8.42 Å². The topological polar surface area (TPSA) is 46.2 Å². The molecule has 102 valence electrons. The molecule has 2 unspecified atom stereocenters. The van der Waals surface area contributed by atoms with Gasteiger partial charge in [0.05, 0.1) is 4.34 Å². The summed E-state index contributed by atoms with van der Waals surface area (Å²) >= 11 is 12.9. The third kappa shape index (κ3) is 3.02. The lowest BCUT2D eigenvalue weighted by Crippen LogP contribution is -2.37. The molecule has 2 rings (SSSR count). The van der Waals surface area contributed by atoms with Gasteiger partial charge in [-0.25, -0.2) is 13.1 Å². The summed E-state index contributed by atoms with van der Waals surface area (Å²) in [6.45, 7) is 1.80. The highest BCUT2D eigenvalue weighted by atomic mass is 35.5. The maximum absolute atomic E-state index is 12.2. The van der Waals surface area contributed by atoms with Crippen LogP contribution in [0.1, 0.15) is 24.8 Å². The fourth-order valence-electron chi connectivity index (χ4n) is 2.20. The van der Waals surface area contributed by atoms with Crippen LogP contribution in [0.5, 0.6) is 0 Å². The molecule has 1 saturated carbocycles. The van der Waals surface area contributed by atoms with Gasteiger partial charge in [-0.05, 0) is 37.3 Å². The molecule has 2 atom stereocenters. The van der Waals surface area contributed by atoms with Gasteiger partial charge in [0.15, 0.2) is 0 Å². The number of hydrogen-bond donors (Lipinski definition) is 1. The minimum atomic E-state index is -3.46. The van der Waals surface area contributed by atoms with Gasteiger partial charge in [-0.2, -0.15) is 0 Å². The molecule has 0 aromatic carbocycles. The monoisotopic (exact) mass is 327 g/mol. The molecule has 18 heavy (non-hydrogen) atoms. The van der Waals surface area contributed by atoms with Gasteiger partial charge in [0, 0.05) is 11.9 Å². The van der Waals surface area contributed by atoms with E-state index in [4.69, 9.17) is 23.2 Å². The summed E-state index contributed by atoms with van der Waals surface area (Å²) in [5.41, 5.74) is 0.794. The van der Waals surface area contributed by atoms with E-state index < -0.39 is 10.0 Å². The second-order valence-electron chi connectivity index (χ2n) is 4.60. The van der Waals surface area contributed by atoms with Gasteiger partial charge in [0.2, 0.25) is 10.0 Å². The van der Waals surface area contributed by atoms with Crippen molar-refractivity contribution in [3.63, 3.8) is 0 Å². The van der Waals surface area contributed by atoms with E-state index in [0.717, 1.165) is 36.2 Å². The minimum Gasteiger partial charge on any atom is -0.207 e. The minimum absolute atomic E-state index is 0.0475. The number of thiophene rings is 1. The average Bonchev–Trinajstić information content (AvgIpc) is 2.86. The first kappa shape index (κ1) is 14.6. The van der Waals surface area contributed by atoms with Crippen molar-refractivity contribution in [2.24, 2.45) is 5.92 Å². The van der Waals surface area contributed by atoms with Crippen molar-refractivity contribution < 1.29 is 8.42 Å². The molecular formula is C11H15Cl2NO2S2. The fraction of sp³-hybridized carbons (Fsp3) is 0.636. The van der Waals surface area contributed by atoms with Gasteiger partial charge in [0.1, 0.15) is 4.21 Å². The van der Waals surface area contributed by atoms with Gasteiger partial charge < -0.3 is 0 Å². The Kier molecular flexibility index (Phi) is 4.60. The molecule has 1 aliphatic carbocycles. The van der Waals surface area contributed by atoms with Gasteiger partial charge >= 0.3 is 0 Å². The van der Waals surface area contributed by atoms with Crippen molar-refractivity contribution >= 4 is 44.6 Å². The van der Waals surface area contributed by atoms with E-state index >= 15 is 0 Å². The van der Waals surface area contributed by atoms with Crippen molar-refractivity contribution in [1.82, 2.24) is 4.72 Å². The van der Waals surface area contributed by atoms with E-state index in [0.29, 0.717) is 10.2 Å². The maximum atomic E-state index is 12.2. The number of halogens is 2. The Hall–Kier alpha value is 0.190. The quantitative estimate of drug-likeness (QED) is 0.861. The van der Waals surface area contributed by atoms with Crippen molar-refractivity contribution in [3.8, 4) is 0 Å². The molecule has 3 nitrogen and oxygen atoms in total. The molecule has 0 spiro atoms. The van der Waals surface area contributed by atoms with Crippen LogP contribution in [-0.2, 0) is 10.0 Å². The second-order valence-corrected chi connectivity index (χ2v) is 8.50. The predicted molar refractivity (Wildman–Crippen MR) is 76.2 cm³/mol. The highest BCUT2D eigenvalue weighted by Crippen LogP contribution is 2.32. The summed E-state index contributed by atoms with van der Waals surface area (Å²) in [7, 11) is -3.46. The summed E-state index contributed by atoms with van der Waals surface area (Å²) < 4.78 is 28.0. The number of hydrogen-bond acceptors (Lipinski definition) is 3. The molecule has 0 bridgehead atoms. The maximum Gasteiger partial charge on any atom is 0.250 e. The first-order valence-corrected chi connectivity index (χ1v) is 8.99. The van der Waals surface area contributed by atoms with E-state index in [1.807, 2.05) is 0 Å².